The molecule has 1 aromatic carbocycles. The number of hydrogen-bond donors (Lipinski definition) is 1. The molecule has 0 aliphatic heterocycles. The van der Waals surface area contributed by atoms with Crippen molar-refractivity contribution in [2.45, 2.75) is 0 Å². The summed E-state index contributed by atoms with van der Waals surface area (Å²) in [4.78, 5) is 15.6. The molecule has 1 aromatic heterocycles. The third-order valence-electron chi connectivity index (χ3n) is 2.25. The molecule has 0 saturated heterocycles. The SMILES string of the molecule is O=C(NN=Cc1ccc(Cl)cc1)c1cccnc1Cl. The van der Waals surface area contributed by atoms with Gasteiger partial charge in [-0.25, -0.2) is 10.4 Å². The number of rotatable bonds is 3. The molecule has 0 fully saturated rings. The van der Waals surface area contributed by atoms with E-state index in [-0.39, 0.29) is 10.7 Å². The highest BCUT2D eigenvalue weighted by Gasteiger charge is 2.08. The summed E-state index contributed by atoms with van der Waals surface area (Å²) in [6, 6.07) is 10.3. The number of aromatic nitrogens is 1. The second kappa shape index (κ2) is 6.31. The molecule has 0 bridgehead atoms. The number of halogens is 2. The molecule has 96 valence electrons. The van der Waals surface area contributed by atoms with Crippen LogP contribution in [0.3, 0.4) is 0 Å². The van der Waals surface area contributed by atoms with Gasteiger partial charge in [-0.1, -0.05) is 35.3 Å². The van der Waals surface area contributed by atoms with E-state index >= 15 is 0 Å². The van der Waals surface area contributed by atoms with Gasteiger partial charge in [0.25, 0.3) is 5.91 Å². The summed E-state index contributed by atoms with van der Waals surface area (Å²) in [5, 5.41) is 4.62. The van der Waals surface area contributed by atoms with E-state index in [9.17, 15) is 4.79 Å². The highest BCUT2D eigenvalue weighted by atomic mass is 35.5. The Kier molecular flexibility index (Phi) is 4.49. The van der Waals surface area contributed by atoms with Gasteiger partial charge in [0, 0.05) is 11.2 Å². The first-order valence-corrected chi connectivity index (χ1v) is 6.12. The van der Waals surface area contributed by atoms with Gasteiger partial charge < -0.3 is 0 Å². The number of benzene rings is 1. The predicted octanol–water partition coefficient (Wildman–Crippen LogP) is 3.15. The number of nitrogens with zero attached hydrogens (tertiary/aromatic N) is 2. The highest BCUT2D eigenvalue weighted by molar-refractivity contribution is 6.32. The zero-order chi connectivity index (χ0) is 13.7. The molecule has 0 spiro atoms. The van der Waals surface area contributed by atoms with Crippen molar-refractivity contribution in [2.75, 3.05) is 0 Å². The van der Waals surface area contributed by atoms with Crippen LogP contribution in [0.4, 0.5) is 0 Å². The average Bonchev–Trinajstić information content (AvgIpc) is 2.41. The molecule has 0 radical (unpaired) electrons. The van der Waals surface area contributed by atoms with E-state index < -0.39 is 5.91 Å². The zero-order valence-electron chi connectivity index (χ0n) is 9.68. The molecule has 0 atom stereocenters. The fourth-order valence-electron chi connectivity index (χ4n) is 1.33. The number of carbonyl (C=O) groups excluding carboxylic acids is 1. The van der Waals surface area contributed by atoms with Gasteiger partial charge in [-0.3, -0.25) is 4.79 Å². The molecule has 0 aliphatic carbocycles. The second-order valence-electron chi connectivity index (χ2n) is 3.59. The van der Waals surface area contributed by atoms with Gasteiger partial charge in [-0.15, -0.1) is 0 Å². The average molecular weight is 294 g/mol. The molecule has 0 aliphatic rings. The van der Waals surface area contributed by atoms with Crippen LogP contribution in [0, 0.1) is 0 Å². The Morgan fingerprint density at radius 1 is 1.21 bits per heavy atom. The molecule has 2 rings (SSSR count). The molecule has 0 saturated carbocycles. The maximum atomic E-state index is 11.7. The van der Waals surface area contributed by atoms with E-state index in [2.05, 4.69) is 15.5 Å². The molecule has 1 heterocycles. The summed E-state index contributed by atoms with van der Waals surface area (Å²) in [5.41, 5.74) is 3.47. The van der Waals surface area contributed by atoms with Crippen LogP contribution >= 0.6 is 23.2 Å². The molecule has 19 heavy (non-hydrogen) atoms. The quantitative estimate of drug-likeness (QED) is 0.537. The van der Waals surface area contributed by atoms with E-state index in [0.717, 1.165) is 5.56 Å². The maximum absolute atomic E-state index is 11.7. The van der Waals surface area contributed by atoms with Gasteiger partial charge in [-0.05, 0) is 29.8 Å². The third-order valence-corrected chi connectivity index (χ3v) is 2.81. The molecule has 4 nitrogen and oxygen atoms in total. The Morgan fingerprint density at radius 3 is 2.63 bits per heavy atom. The van der Waals surface area contributed by atoms with Crippen molar-refractivity contribution in [1.82, 2.24) is 10.4 Å². The Bertz CT molecular complexity index is 612. The van der Waals surface area contributed by atoms with Crippen molar-refractivity contribution in [3.8, 4) is 0 Å². The third kappa shape index (κ3) is 3.77. The molecular weight excluding hydrogens is 285 g/mol. The number of carbonyl (C=O) groups is 1. The smallest absolute Gasteiger partial charge is 0.267 e. The van der Waals surface area contributed by atoms with Crippen molar-refractivity contribution in [3.63, 3.8) is 0 Å². The fraction of sp³-hybridized carbons (Fsp3) is 0. The maximum Gasteiger partial charge on any atom is 0.274 e. The Hall–Kier alpha value is -1.91. The number of nitrogens with one attached hydrogen (secondary N) is 1. The van der Waals surface area contributed by atoms with Gasteiger partial charge in [-0.2, -0.15) is 5.10 Å². The first kappa shape index (κ1) is 13.5. The normalized spacial score (nSPS) is 10.6. The van der Waals surface area contributed by atoms with Crippen LogP contribution in [-0.4, -0.2) is 17.1 Å². The van der Waals surface area contributed by atoms with Gasteiger partial charge in [0.05, 0.1) is 11.8 Å². The summed E-state index contributed by atoms with van der Waals surface area (Å²) < 4.78 is 0. The molecule has 1 amide bonds. The monoisotopic (exact) mass is 293 g/mol. The number of amides is 1. The Balaban J connectivity index is 2.01. The second-order valence-corrected chi connectivity index (χ2v) is 4.39. The van der Waals surface area contributed by atoms with Crippen LogP contribution in [-0.2, 0) is 0 Å². The Labute approximate surface area is 120 Å². The van der Waals surface area contributed by atoms with Gasteiger partial charge in [0.1, 0.15) is 5.15 Å². The van der Waals surface area contributed by atoms with Gasteiger partial charge in [0.15, 0.2) is 0 Å². The lowest BCUT2D eigenvalue weighted by molar-refractivity contribution is 0.0955. The van der Waals surface area contributed by atoms with E-state index in [0.29, 0.717) is 5.02 Å². The van der Waals surface area contributed by atoms with Crippen LogP contribution in [0.15, 0.2) is 47.7 Å². The van der Waals surface area contributed by atoms with Crippen LogP contribution in [0.2, 0.25) is 10.2 Å². The largest absolute Gasteiger partial charge is 0.274 e. The number of hydrogen-bond acceptors (Lipinski definition) is 3. The van der Waals surface area contributed by atoms with Crippen molar-refractivity contribution in [1.29, 1.82) is 0 Å². The summed E-state index contributed by atoms with van der Waals surface area (Å²) in [5.74, 6) is -0.414. The minimum absolute atomic E-state index is 0.140. The minimum atomic E-state index is -0.414. The molecule has 6 heteroatoms. The van der Waals surface area contributed by atoms with Crippen LogP contribution in [0.1, 0.15) is 15.9 Å². The minimum Gasteiger partial charge on any atom is -0.267 e. The van der Waals surface area contributed by atoms with Gasteiger partial charge in [0.2, 0.25) is 0 Å². The van der Waals surface area contributed by atoms with Crippen LogP contribution in [0.25, 0.3) is 0 Å². The predicted molar refractivity (Wildman–Crippen MR) is 75.8 cm³/mol. The van der Waals surface area contributed by atoms with Crippen LogP contribution < -0.4 is 5.43 Å². The molecule has 1 N–H and O–H groups in total. The summed E-state index contributed by atoms with van der Waals surface area (Å²) in [6.45, 7) is 0. The molecule has 0 unspecified atom stereocenters. The topological polar surface area (TPSA) is 54.4 Å². The number of hydrazone groups is 1. The van der Waals surface area contributed by atoms with E-state index in [1.54, 1.807) is 36.4 Å². The van der Waals surface area contributed by atoms with E-state index in [4.69, 9.17) is 23.2 Å². The van der Waals surface area contributed by atoms with Crippen molar-refractivity contribution < 1.29 is 4.79 Å². The first-order chi connectivity index (χ1) is 9.16. The molecular formula is C13H9Cl2N3O. The van der Waals surface area contributed by atoms with Crippen molar-refractivity contribution >= 4 is 35.3 Å². The number of pyridine rings is 1. The fourth-order valence-corrected chi connectivity index (χ4v) is 1.66. The summed E-state index contributed by atoms with van der Waals surface area (Å²) in [6.07, 6.45) is 3.02. The van der Waals surface area contributed by atoms with Crippen molar-refractivity contribution in [2.24, 2.45) is 5.10 Å². The lowest BCUT2D eigenvalue weighted by Gasteiger charge is -2.00. The highest BCUT2D eigenvalue weighted by Crippen LogP contribution is 2.11. The van der Waals surface area contributed by atoms with Crippen LogP contribution in [0.5, 0.6) is 0 Å². The summed E-state index contributed by atoms with van der Waals surface area (Å²) in [7, 11) is 0. The van der Waals surface area contributed by atoms with Crippen molar-refractivity contribution in [3.05, 3.63) is 63.9 Å². The van der Waals surface area contributed by atoms with E-state index in [1.807, 2.05) is 0 Å². The summed E-state index contributed by atoms with van der Waals surface area (Å²) >= 11 is 11.6. The first-order valence-electron chi connectivity index (χ1n) is 5.36. The lowest BCUT2D eigenvalue weighted by Crippen LogP contribution is -2.18. The molecule has 2 aromatic rings. The van der Waals surface area contributed by atoms with Gasteiger partial charge >= 0.3 is 0 Å². The Morgan fingerprint density at radius 2 is 1.95 bits per heavy atom. The lowest BCUT2D eigenvalue weighted by atomic mass is 10.2. The zero-order valence-corrected chi connectivity index (χ0v) is 11.2. The van der Waals surface area contributed by atoms with E-state index in [1.165, 1.54) is 12.4 Å². The standard InChI is InChI=1S/C13H9Cl2N3O/c14-10-5-3-9(4-6-10)8-17-18-13(19)11-2-1-7-16-12(11)15/h1-8H,(H,18,19).